The molecule has 4 aromatic rings. The van der Waals surface area contributed by atoms with Crippen LogP contribution in [-0.2, 0) is 0 Å². The smallest absolute Gasteiger partial charge is 0.227 e. The van der Waals surface area contributed by atoms with Crippen molar-refractivity contribution in [3.05, 3.63) is 69.9 Å². The highest BCUT2D eigenvalue weighted by atomic mass is 32.1. The van der Waals surface area contributed by atoms with Crippen LogP contribution in [0.2, 0.25) is 0 Å². The van der Waals surface area contributed by atoms with Crippen molar-refractivity contribution in [2.24, 2.45) is 4.99 Å². The highest BCUT2D eigenvalue weighted by Crippen LogP contribution is 2.27. The van der Waals surface area contributed by atoms with E-state index >= 15 is 0 Å². The number of nitrogens with zero attached hydrogens (tertiary/aromatic N) is 2. The summed E-state index contributed by atoms with van der Waals surface area (Å²) in [5, 5.41) is 0. The number of aromatic nitrogens is 1. The van der Waals surface area contributed by atoms with Gasteiger partial charge in [-0.05, 0) is 56.3 Å². The zero-order valence-corrected chi connectivity index (χ0v) is 14.3. The molecule has 0 saturated heterocycles. The van der Waals surface area contributed by atoms with Gasteiger partial charge in [-0.25, -0.2) is 4.98 Å². The first kappa shape index (κ1) is 14.8. The molecule has 0 N–H and O–H groups in total. The highest BCUT2D eigenvalue weighted by Gasteiger charge is 2.08. The summed E-state index contributed by atoms with van der Waals surface area (Å²) in [5.74, 6) is 0.639. The van der Waals surface area contributed by atoms with Crippen molar-refractivity contribution in [3.63, 3.8) is 0 Å². The van der Waals surface area contributed by atoms with E-state index in [9.17, 15) is 0 Å². The average Bonchev–Trinajstić information content (AvgIpc) is 3.19. The predicted octanol–water partition coefficient (Wildman–Crippen LogP) is 5.92. The number of rotatable bonds is 3. The molecule has 2 heterocycles. The van der Waals surface area contributed by atoms with E-state index in [0.717, 1.165) is 27.2 Å². The van der Waals surface area contributed by atoms with E-state index in [-0.39, 0.29) is 0 Å². The topological polar surface area (TPSA) is 38.4 Å². The third-order valence-electron chi connectivity index (χ3n) is 3.77. The number of fused-ring (bicyclic) bond motifs is 1. The maximum Gasteiger partial charge on any atom is 0.227 e. The summed E-state index contributed by atoms with van der Waals surface area (Å²) in [7, 11) is 0. The largest absolute Gasteiger partial charge is 0.436 e. The van der Waals surface area contributed by atoms with Crippen LogP contribution in [-0.4, -0.2) is 11.2 Å². The molecule has 0 bridgehead atoms. The SMILES string of the molecule is Cc1ccc(-c2nc3cc(N=Cc4ccc(C)s4)ccc3o2)cc1. The van der Waals surface area contributed by atoms with Gasteiger partial charge in [0.25, 0.3) is 0 Å². The fraction of sp³-hybridized carbons (Fsp3) is 0.100. The van der Waals surface area contributed by atoms with Gasteiger partial charge in [0.05, 0.1) is 5.69 Å². The number of aliphatic imine (C=N–C) groups is 1. The minimum atomic E-state index is 0.639. The molecule has 2 aromatic carbocycles. The van der Waals surface area contributed by atoms with Crippen LogP contribution in [0.3, 0.4) is 0 Å². The van der Waals surface area contributed by atoms with Crippen LogP contribution < -0.4 is 0 Å². The lowest BCUT2D eigenvalue weighted by atomic mass is 10.1. The number of oxazole rings is 1. The Morgan fingerprint density at radius 2 is 1.83 bits per heavy atom. The zero-order valence-electron chi connectivity index (χ0n) is 13.5. The number of hydrogen-bond acceptors (Lipinski definition) is 4. The van der Waals surface area contributed by atoms with Gasteiger partial charge in [0.1, 0.15) is 5.52 Å². The molecule has 118 valence electrons. The van der Waals surface area contributed by atoms with Crippen molar-refractivity contribution in [1.82, 2.24) is 4.98 Å². The van der Waals surface area contributed by atoms with Gasteiger partial charge < -0.3 is 4.42 Å². The monoisotopic (exact) mass is 332 g/mol. The molecule has 0 amide bonds. The Bertz CT molecular complexity index is 1030. The van der Waals surface area contributed by atoms with E-state index in [4.69, 9.17) is 4.42 Å². The van der Waals surface area contributed by atoms with Crippen LogP contribution in [0.15, 0.2) is 64.0 Å². The number of hydrogen-bond donors (Lipinski definition) is 0. The van der Waals surface area contributed by atoms with Crippen LogP contribution in [0.4, 0.5) is 5.69 Å². The molecule has 0 saturated carbocycles. The lowest BCUT2D eigenvalue weighted by molar-refractivity contribution is 0.620. The number of thiophene rings is 1. The maximum absolute atomic E-state index is 5.85. The average molecular weight is 332 g/mol. The first-order valence-electron chi connectivity index (χ1n) is 7.75. The Balaban J connectivity index is 1.65. The van der Waals surface area contributed by atoms with Gasteiger partial charge in [-0.3, -0.25) is 4.99 Å². The fourth-order valence-electron chi connectivity index (χ4n) is 2.48. The Morgan fingerprint density at radius 3 is 2.58 bits per heavy atom. The minimum Gasteiger partial charge on any atom is -0.436 e. The summed E-state index contributed by atoms with van der Waals surface area (Å²) < 4.78 is 5.85. The Labute approximate surface area is 144 Å². The predicted molar refractivity (Wildman–Crippen MR) is 100 cm³/mol. The van der Waals surface area contributed by atoms with Gasteiger partial charge in [-0.1, -0.05) is 17.7 Å². The van der Waals surface area contributed by atoms with Crippen molar-refractivity contribution in [3.8, 4) is 11.5 Å². The summed E-state index contributed by atoms with van der Waals surface area (Å²) in [6.07, 6.45) is 1.89. The second-order valence-corrected chi connectivity index (χ2v) is 7.06. The van der Waals surface area contributed by atoms with Gasteiger partial charge in [0.15, 0.2) is 5.58 Å². The van der Waals surface area contributed by atoms with Crippen molar-refractivity contribution < 1.29 is 4.42 Å². The van der Waals surface area contributed by atoms with E-state index in [1.165, 1.54) is 10.4 Å². The van der Waals surface area contributed by atoms with E-state index in [2.05, 4.69) is 48.1 Å². The number of benzene rings is 2. The lowest BCUT2D eigenvalue weighted by Crippen LogP contribution is -1.77. The van der Waals surface area contributed by atoms with Crippen molar-refractivity contribution in [2.45, 2.75) is 13.8 Å². The van der Waals surface area contributed by atoms with Crippen molar-refractivity contribution in [1.29, 1.82) is 0 Å². The van der Waals surface area contributed by atoms with Crippen molar-refractivity contribution >= 4 is 34.3 Å². The molecule has 0 aliphatic rings. The molecular formula is C20H16N2OS. The van der Waals surface area contributed by atoms with Crippen LogP contribution in [0.25, 0.3) is 22.6 Å². The first-order valence-corrected chi connectivity index (χ1v) is 8.57. The summed E-state index contributed by atoms with van der Waals surface area (Å²) in [4.78, 5) is 11.6. The molecular weight excluding hydrogens is 316 g/mol. The van der Waals surface area contributed by atoms with Gasteiger partial charge in [-0.2, -0.15) is 0 Å². The molecule has 4 heteroatoms. The Kier molecular flexibility index (Phi) is 3.75. The van der Waals surface area contributed by atoms with Gasteiger partial charge >= 0.3 is 0 Å². The quantitative estimate of drug-likeness (QED) is 0.436. The van der Waals surface area contributed by atoms with Gasteiger partial charge in [-0.15, -0.1) is 11.3 Å². The summed E-state index contributed by atoms with van der Waals surface area (Å²) >= 11 is 1.73. The molecule has 24 heavy (non-hydrogen) atoms. The molecule has 0 fully saturated rings. The maximum atomic E-state index is 5.85. The van der Waals surface area contributed by atoms with Crippen LogP contribution >= 0.6 is 11.3 Å². The fourth-order valence-corrected chi connectivity index (χ4v) is 3.23. The lowest BCUT2D eigenvalue weighted by Gasteiger charge is -1.95. The summed E-state index contributed by atoms with van der Waals surface area (Å²) in [5.41, 5.74) is 4.67. The van der Waals surface area contributed by atoms with Gasteiger partial charge in [0.2, 0.25) is 5.89 Å². The van der Waals surface area contributed by atoms with Crippen LogP contribution in [0, 0.1) is 13.8 Å². The molecule has 4 rings (SSSR count). The van der Waals surface area contributed by atoms with Gasteiger partial charge in [0, 0.05) is 21.5 Å². The molecule has 0 unspecified atom stereocenters. The van der Waals surface area contributed by atoms with Crippen LogP contribution in [0.1, 0.15) is 15.3 Å². The molecule has 0 aliphatic carbocycles. The first-order chi connectivity index (χ1) is 11.7. The third kappa shape index (κ3) is 3.01. The molecule has 0 spiro atoms. The normalized spacial score (nSPS) is 11.6. The van der Waals surface area contributed by atoms with Crippen molar-refractivity contribution in [2.75, 3.05) is 0 Å². The highest BCUT2D eigenvalue weighted by molar-refractivity contribution is 7.13. The molecule has 0 aliphatic heterocycles. The second kappa shape index (κ2) is 6.06. The summed E-state index contributed by atoms with van der Waals surface area (Å²) in [6.45, 7) is 4.16. The third-order valence-corrected chi connectivity index (χ3v) is 4.71. The van der Waals surface area contributed by atoms with E-state index < -0.39 is 0 Å². The van der Waals surface area contributed by atoms with E-state index in [1.807, 2.05) is 36.5 Å². The van der Waals surface area contributed by atoms with E-state index in [1.54, 1.807) is 11.3 Å². The standard InChI is InChI=1S/C20H16N2OS/c1-13-3-6-15(7-4-13)20-22-18-11-16(8-10-19(18)23-20)21-12-17-9-5-14(2)24-17/h3-12H,1-2H3. The Hall–Kier alpha value is -2.72. The van der Waals surface area contributed by atoms with E-state index in [0.29, 0.717) is 5.89 Å². The zero-order chi connectivity index (χ0) is 16.5. The number of aryl methyl sites for hydroxylation is 2. The Morgan fingerprint density at radius 1 is 1.00 bits per heavy atom. The second-order valence-electron chi connectivity index (χ2n) is 5.74. The van der Waals surface area contributed by atoms with Crippen LogP contribution in [0.5, 0.6) is 0 Å². The summed E-state index contributed by atoms with van der Waals surface area (Å²) in [6, 6.07) is 18.2. The molecule has 3 nitrogen and oxygen atoms in total. The minimum absolute atomic E-state index is 0.639. The molecule has 0 atom stereocenters. The molecule has 2 aromatic heterocycles. The molecule has 0 radical (unpaired) electrons.